The van der Waals surface area contributed by atoms with Crippen molar-refractivity contribution in [2.45, 2.75) is 19.3 Å². The summed E-state index contributed by atoms with van der Waals surface area (Å²) in [6.07, 6.45) is -4.25. The van der Waals surface area contributed by atoms with Crippen LogP contribution in [0.2, 0.25) is 5.02 Å². The molecule has 0 aliphatic heterocycles. The predicted molar refractivity (Wildman–Crippen MR) is 107 cm³/mol. The number of pyridine rings is 1. The number of benzene rings is 1. The molecule has 0 amide bonds. The van der Waals surface area contributed by atoms with E-state index < -0.39 is 34.8 Å². The van der Waals surface area contributed by atoms with Gasteiger partial charge in [0.25, 0.3) is 11.1 Å². The Bertz CT molecular complexity index is 1440. The van der Waals surface area contributed by atoms with E-state index in [1.165, 1.54) is 21.8 Å². The summed E-state index contributed by atoms with van der Waals surface area (Å²) in [5.74, 6) is -0.990. The molecular formula is C19H11ClF3N3O4S. The minimum atomic E-state index is -4.74. The molecule has 160 valence electrons. The zero-order chi connectivity index (χ0) is 22.3. The van der Waals surface area contributed by atoms with E-state index in [1.807, 2.05) is 12.1 Å². The molecule has 0 bridgehead atoms. The summed E-state index contributed by atoms with van der Waals surface area (Å²) in [7, 11) is 0. The molecule has 0 spiro atoms. The Hall–Kier alpha value is -3.18. The second-order valence-corrected chi connectivity index (χ2v) is 7.86. The fourth-order valence-electron chi connectivity index (χ4n) is 2.91. The van der Waals surface area contributed by atoms with Crippen LogP contribution in [-0.2, 0) is 28.9 Å². The van der Waals surface area contributed by atoms with E-state index in [0.717, 1.165) is 4.70 Å². The highest BCUT2D eigenvalue weighted by molar-refractivity contribution is 7.23. The molecule has 0 aliphatic carbocycles. The molecule has 0 radical (unpaired) electrons. The first-order valence-corrected chi connectivity index (χ1v) is 9.86. The number of hydrogen-bond donors (Lipinski definition) is 0. The predicted octanol–water partition coefficient (Wildman–Crippen LogP) is 3.49. The SMILES string of the molecule is O=C(Cn1cc(C(F)(F)F)cc(Cl)c1=O)OCc1cc(=O)n2c(n1)sc1ccccc12. The van der Waals surface area contributed by atoms with Crippen molar-refractivity contribution in [3.05, 3.63) is 79.6 Å². The van der Waals surface area contributed by atoms with Gasteiger partial charge in [0.2, 0.25) is 0 Å². The Labute approximate surface area is 179 Å². The van der Waals surface area contributed by atoms with E-state index in [4.69, 9.17) is 16.3 Å². The average Bonchev–Trinajstić information content (AvgIpc) is 3.07. The van der Waals surface area contributed by atoms with Crippen molar-refractivity contribution in [3.63, 3.8) is 0 Å². The largest absolute Gasteiger partial charge is 0.458 e. The second-order valence-electron chi connectivity index (χ2n) is 6.44. The Morgan fingerprint density at radius 2 is 1.94 bits per heavy atom. The number of hydrogen-bond acceptors (Lipinski definition) is 6. The molecular weight excluding hydrogens is 459 g/mol. The maximum Gasteiger partial charge on any atom is 0.417 e. The Morgan fingerprint density at radius 1 is 1.19 bits per heavy atom. The number of alkyl halides is 3. The lowest BCUT2D eigenvalue weighted by atomic mass is 10.2. The minimum absolute atomic E-state index is 0.166. The molecule has 0 unspecified atom stereocenters. The molecule has 0 atom stereocenters. The molecule has 3 heterocycles. The smallest absolute Gasteiger partial charge is 0.417 e. The Morgan fingerprint density at radius 3 is 2.68 bits per heavy atom. The van der Waals surface area contributed by atoms with Gasteiger partial charge in [0.1, 0.15) is 18.2 Å². The molecule has 0 aliphatic rings. The van der Waals surface area contributed by atoms with Crippen molar-refractivity contribution in [3.8, 4) is 0 Å². The van der Waals surface area contributed by atoms with Gasteiger partial charge < -0.3 is 9.30 Å². The molecule has 12 heteroatoms. The van der Waals surface area contributed by atoms with Crippen LogP contribution in [0.15, 0.2) is 52.2 Å². The van der Waals surface area contributed by atoms with Gasteiger partial charge in [-0.1, -0.05) is 35.1 Å². The summed E-state index contributed by atoms with van der Waals surface area (Å²) in [5.41, 5.74) is -1.64. The molecule has 7 nitrogen and oxygen atoms in total. The maximum atomic E-state index is 12.9. The zero-order valence-electron chi connectivity index (χ0n) is 15.4. The lowest BCUT2D eigenvalue weighted by molar-refractivity contribution is -0.146. The van der Waals surface area contributed by atoms with Crippen LogP contribution in [0.3, 0.4) is 0 Å². The fraction of sp³-hybridized carbons (Fsp3) is 0.158. The number of thiazole rings is 1. The number of nitrogens with zero attached hydrogens (tertiary/aromatic N) is 3. The van der Waals surface area contributed by atoms with Gasteiger partial charge in [-0.05, 0) is 18.2 Å². The van der Waals surface area contributed by atoms with E-state index in [1.54, 1.807) is 12.1 Å². The summed E-state index contributed by atoms with van der Waals surface area (Å²) in [4.78, 5) is 41.2. The minimum Gasteiger partial charge on any atom is -0.458 e. The molecule has 0 N–H and O–H groups in total. The number of ether oxygens (including phenoxy) is 1. The van der Waals surface area contributed by atoms with Crippen LogP contribution in [0.4, 0.5) is 13.2 Å². The van der Waals surface area contributed by atoms with Crippen LogP contribution < -0.4 is 11.1 Å². The van der Waals surface area contributed by atoms with Crippen molar-refractivity contribution < 1.29 is 22.7 Å². The van der Waals surface area contributed by atoms with Crippen LogP contribution in [0.5, 0.6) is 0 Å². The van der Waals surface area contributed by atoms with E-state index in [9.17, 15) is 27.6 Å². The summed E-state index contributed by atoms with van der Waals surface area (Å²) < 4.78 is 46.5. The topological polar surface area (TPSA) is 82.7 Å². The molecule has 0 saturated heterocycles. The Balaban J connectivity index is 1.54. The first-order valence-electron chi connectivity index (χ1n) is 8.66. The fourth-order valence-corrected chi connectivity index (χ4v) is 4.18. The van der Waals surface area contributed by atoms with Gasteiger partial charge in [-0.3, -0.25) is 18.8 Å². The summed E-state index contributed by atoms with van der Waals surface area (Å²) in [6.45, 7) is -1.17. The van der Waals surface area contributed by atoms with Crippen LogP contribution in [0.1, 0.15) is 11.3 Å². The van der Waals surface area contributed by atoms with Crippen LogP contribution in [-0.4, -0.2) is 19.9 Å². The third kappa shape index (κ3) is 4.19. The third-order valence-corrected chi connectivity index (χ3v) is 5.59. The van der Waals surface area contributed by atoms with Crippen molar-refractivity contribution in [1.29, 1.82) is 0 Å². The molecule has 0 fully saturated rings. The molecule has 1 aromatic carbocycles. The van der Waals surface area contributed by atoms with Gasteiger partial charge in [-0.25, -0.2) is 4.98 Å². The highest BCUT2D eigenvalue weighted by Gasteiger charge is 2.32. The number of halogens is 4. The van der Waals surface area contributed by atoms with Crippen LogP contribution >= 0.6 is 22.9 Å². The molecule has 0 saturated carbocycles. The number of rotatable bonds is 4. The van der Waals surface area contributed by atoms with Crippen LogP contribution in [0, 0.1) is 0 Å². The summed E-state index contributed by atoms with van der Waals surface area (Å²) in [6, 6.07) is 8.92. The van der Waals surface area contributed by atoms with Crippen molar-refractivity contribution in [2.75, 3.05) is 0 Å². The number of para-hydroxylation sites is 1. The number of carbonyl (C=O) groups excluding carboxylic acids is 1. The van der Waals surface area contributed by atoms with Gasteiger partial charge >= 0.3 is 12.1 Å². The first-order chi connectivity index (χ1) is 14.6. The molecule has 31 heavy (non-hydrogen) atoms. The number of carbonyl (C=O) groups is 1. The van der Waals surface area contributed by atoms with E-state index in [2.05, 4.69) is 4.98 Å². The molecule has 3 aromatic heterocycles. The van der Waals surface area contributed by atoms with E-state index in [0.29, 0.717) is 27.3 Å². The highest BCUT2D eigenvalue weighted by atomic mass is 35.5. The normalized spacial score (nSPS) is 11.9. The highest BCUT2D eigenvalue weighted by Crippen LogP contribution is 2.29. The van der Waals surface area contributed by atoms with Crippen molar-refractivity contribution in [1.82, 2.24) is 14.0 Å². The van der Waals surface area contributed by atoms with Crippen molar-refractivity contribution in [2.24, 2.45) is 0 Å². The second kappa shape index (κ2) is 7.82. The number of aromatic nitrogens is 3. The van der Waals surface area contributed by atoms with Gasteiger partial charge in [0.15, 0.2) is 4.96 Å². The summed E-state index contributed by atoms with van der Waals surface area (Å²) >= 11 is 6.84. The lowest BCUT2D eigenvalue weighted by Gasteiger charge is -2.11. The first kappa shape index (κ1) is 21.1. The number of fused-ring (bicyclic) bond motifs is 3. The van der Waals surface area contributed by atoms with E-state index in [-0.39, 0.29) is 17.9 Å². The lowest BCUT2D eigenvalue weighted by Crippen LogP contribution is -2.27. The average molecular weight is 470 g/mol. The van der Waals surface area contributed by atoms with Gasteiger partial charge in [0.05, 0.1) is 21.5 Å². The van der Waals surface area contributed by atoms with Gasteiger partial charge in [-0.15, -0.1) is 0 Å². The Kier molecular flexibility index (Phi) is 5.31. The number of esters is 1. The van der Waals surface area contributed by atoms with E-state index >= 15 is 0 Å². The molecule has 4 rings (SSSR count). The quantitative estimate of drug-likeness (QED) is 0.427. The van der Waals surface area contributed by atoms with Crippen molar-refractivity contribution >= 4 is 44.1 Å². The molecule has 4 aromatic rings. The maximum absolute atomic E-state index is 12.9. The zero-order valence-corrected chi connectivity index (χ0v) is 16.9. The van der Waals surface area contributed by atoms with Gasteiger partial charge in [0, 0.05) is 12.3 Å². The standard InChI is InChI=1S/C19H11ClF3N3O4S/c20-12-5-10(19(21,22)23)7-25(17(12)29)8-16(28)30-9-11-6-15(27)26-13-3-1-2-4-14(13)31-18(26)24-11/h1-7H,8-9H2. The monoisotopic (exact) mass is 469 g/mol. The third-order valence-electron chi connectivity index (χ3n) is 4.30. The summed E-state index contributed by atoms with van der Waals surface area (Å²) in [5, 5.41) is -0.674. The van der Waals surface area contributed by atoms with Gasteiger partial charge in [-0.2, -0.15) is 13.2 Å². The van der Waals surface area contributed by atoms with Crippen LogP contribution in [0.25, 0.3) is 15.2 Å².